The number of rotatable bonds is 0. The van der Waals surface area contributed by atoms with Crippen molar-refractivity contribution in [1.29, 1.82) is 0 Å². The van der Waals surface area contributed by atoms with Gasteiger partial charge in [-0.3, -0.25) is 0 Å². The number of fused-ring (bicyclic) bond motifs is 5. The Bertz CT molecular complexity index is 1040. The van der Waals surface area contributed by atoms with Crippen molar-refractivity contribution in [2.45, 2.75) is 0 Å². The quantitative estimate of drug-likeness (QED) is 0.375. The van der Waals surface area contributed by atoms with E-state index >= 15 is 0 Å². The fraction of sp³-hybridized carbons (Fsp3) is 0. The molecule has 1 aliphatic rings. The topological polar surface area (TPSA) is 20.2 Å². The van der Waals surface area contributed by atoms with Gasteiger partial charge in [0.15, 0.2) is 0 Å². The lowest BCUT2D eigenvalue weighted by molar-refractivity contribution is 0.478. The van der Waals surface area contributed by atoms with Gasteiger partial charge in [0.05, 0.1) is 0 Å². The molecule has 1 N–H and O–H groups in total. The molecule has 0 fully saturated rings. The number of hydrogen-bond donors (Lipinski definition) is 1. The molecule has 0 unspecified atom stereocenters. The van der Waals surface area contributed by atoms with Gasteiger partial charge in [-0.2, -0.15) is 0 Å². The highest BCUT2D eigenvalue weighted by atomic mass is 16.3. The molecular weight excluding hydrogens is 256 g/mol. The van der Waals surface area contributed by atoms with Gasteiger partial charge in [-0.15, -0.1) is 0 Å². The van der Waals surface area contributed by atoms with Crippen LogP contribution in [0.2, 0.25) is 0 Å². The molecule has 0 amide bonds. The monoisotopic (exact) mass is 268 g/mol. The summed E-state index contributed by atoms with van der Waals surface area (Å²) in [5.74, 6) is 0.361. The fourth-order valence-electron chi connectivity index (χ4n) is 3.63. The lowest BCUT2D eigenvalue weighted by Gasteiger charge is -2.07. The van der Waals surface area contributed by atoms with Gasteiger partial charge in [0.25, 0.3) is 0 Å². The van der Waals surface area contributed by atoms with Crippen molar-refractivity contribution in [3.63, 3.8) is 0 Å². The first kappa shape index (κ1) is 10.9. The van der Waals surface area contributed by atoms with Crippen LogP contribution in [0.3, 0.4) is 0 Å². The average molecular weight is 268 g/mol. The molecule has 0 saturated heterocycles. The standard InChI is InChI=1S/C20H12O/c21-18-10-4-8-15-17-11-12-5-1-2-6-13(12)14-7-3-9-16(19(14)17)20(15)18/h1-11,21H. The first-order valence-electron chi connectivity index (χ1n) is 7.12. The summed E-state index contributed by atoms with van der Waals surface area (Å²) in [6, 6.07) is 22.9. The van der Waals surface area contributed by atoms with Crippen LogP contribution in [0.1, 0.15) is 0 Å². The lowest BCUT2D eigenvalue weighted by Crippen LogP contribution is -1.79. The molecule has 5 rings (SSSR count). The average Bonchev–Trinajstić information content (AvgIpc) is 2.85. The van der Waals surface area contributed by atoms with Crippen molar-refractivity contribution < 1.29 is 5.11 Å². The smallest absolute Gasteiger partial charge is 0.124 e. The molecule has 0 aromatic heterocycles. The van der Waals surface area contributed by atoms with Crippen molar-refractivity contribution in [1.82, 2.24) is 0 Å². The Morgan fingerprint density at radius 2 is 1.38 bits per heavy atom. The minimum absolute atomic E-state index is 0.361. The van der Waals surface area contributed by atoms with Crippen LogP contribution in [0.4, 0.5) is 0 Å². The molecule has 1 heteroatoms. The summed E-state index contributed by atoms with van der Waals surface area (Å²) in [4.78, 5) is 0. The minimum atomic E-state index is 0.361. The third kappa shape index (κ3) is 1.26. The molecule has 0 saturated carbocycles. The Balaban J connectivity index is 2.11. The predicted octanol–water partition coefficient (Wildman–Crippen LogP) is 5.35. The van der Waals surface area contributed by atoms with E-state index in [1.807, 2.05) is 6.07 Å². The highest BCUT2D eigenvalue weighted by molar-refractivity contribution is 6.24. The Morgan fingerprint density at radius 3 is 2.33 bits per heavy atom. The zero-order valence-corrected chi connectivity index (χ0v) is 11.3. The maximum atomic E-state index is 10.3. The van der Waals surface area contributed by atoms with Crippen molar-refractivity contribution in [2.75, 3.05) is 0 Å². The van der Waals surface area contributed by atoms with E-state index in [4.69, 9.17) is 0 Å². The molecule has 0 heterocycles. The van der Waals surface area contributed by atoms with E-state index in [0.29, 0.717) is 5.75 Å². The zero-order valence-electron chi connectivity index (χ0n) is 11.3. The highest BCUT2D eigenvalue weighted by Gasteiger charge is 2.24. The predicted molar refractivity (Wildman–Crippen MR) is 87.5 cm³/mol. The van der Waals surface area contributed by atoms with Crippen LogP contribution >= 0.6 is 0 Å². The zero-order chi connectivity index (χ0) is 14.0. The van der Waals surface area contributed by atoms with Gasteiger partial charge in [0.1, 0.15) is 5.75 Å². The third-order valence-electron chi connectivity index (χ3n) is 4.49. The van der Waals surface area contributed by atoms with Gasteiger partial charge >= 0.3 is 0 Å². The maximum Gasteiger partial charge on any atom is 0.124 e. The van der Waals surface area contributed by atoms with Crippen molar-refractivity contribution >= 4 is 21.5 Å². The van der Waals surface area contributed by atoms with Gasteiger partial charge in [-0.05, 0) is 50.4 Å². The number of benzene rings is 4. The lowest BCUT2D eigenvalue weighted by atomic mass is 9.97. The molecule has 0 aliphatic heterocycles. The van der Waals surface area contributed by atoms with E-state index in [0.717, 1.165) is 16.7 Å². The first-order chi connectivity index (χ1) is 10.3. The van der Waals surface area contributed by atoms with Crippen LogP contribution in [-0.2, 0) is 0 Å². The molecule has 1 nitrogen and oxygen atoms in total. The molecule has 4 aromatic rings. The number of phenolic OH excluding ortho intramolecular Hbond substituents is 1. The van der Waals surface area contributed by atoms with Crippen LogP contribution in [0.5, 0.6) is 5.75 Å². The normalized spacial score (nSPS) is 12.0. The van der Waals surface area contributed by atoms with Gasteiger partial charge in [-0.1, -0.05) is 54.6 Å². The van der Waals surface area contributed by atoms with Crippen molar-refractivity contribution in [3.8, 4) is 28.0 Å². The van der Waals surface area contributed by atoms with Crippen LogP contribution in [0, 0.1) is 0 Å². The number of hydrogen-bond acceptors (Lipinski definition) is 1. The van der Waals surface area contributed by atoms with E-state index in [9.17, 15) is 5.11 Å². The summed E-state index contributed by atoms with van der Waals surface area (Å²) in [5, 5.41) is 15.3. The molecule has 98 valence electrons. The Morgan fingerprint density at radius 1 is 0.619 bits per heavy atom. The van der Waals surface area contributed by atoms with E-state index in [1.165, 1.54) is 27.1 Å². The maximum absolute atomic E-state index is 10.3. The van der Waals surface area contributed by atoms with Gasteiger partial charge in [0, 0.05) is 5.56 Å². The largest absolute Gasteiger partial charge is 0.507 e. The second-order valence-corrected chi connectivity index (χ2v) is 5.57. The van der Waals surface area contributed by atoms with Crippen LogP contribution in [-0.4, -0.2) is 5.11 Å². The SMILES string of the molecule is Oc1cccc2c1-c1cccc3c1c-2cc1ccccc13. The summed E-state index contributed by atoms with van der Waals surface area (Å²) in [7, 11) is 0. The molecule has 0 atom stereocenters. The summed E-state index contributed by atoms with van der Waals surface area (Å²) in [6.45, 7) is 0. The molecule has 0 spiro atoms. The van der Waals surface area contributed by atoms with Crippen LogP contribution < -0.4 is 0 Å². The summed E-state index contributed by atoms with van der Waals surface area (Å²) in [6.07, 6.45) is 0. The minimum Gasteiger partial charge on any atom is -0.507 e. The first-order valence-corrected chi connectivity index (χ1v) is 7.12. The summed E-state index contributed by atoms with van der Waals surface area (Å²) in [5.41, 5.74) is 4.46. The number of aromatic hydroxyl groups is 1. The summed E-state index contributed by atoms with van der Waals surface area (Å²) < 4.78 is 0. The highest BCUT2D eigenvalue weighted by Crippen LogP contribution is 2.52. The van der Waals surface area contributed by atoms with Gasteiger partial charge in [0.2, 0.25) is 0 Å². The molecule has 0 radical (unpaired) electrons. The van der Waals surface area contributed by atoms with Crippen molar-refractivity contribution in [3.05, 3.63) is 66.7 Å². The Hall–Kier alpha value is -2.80. The van der Waals surface area contributed by atoms with Gasteiger partial charge < -0.3 is 5.11 Å². The molecule has 0 bridgehead atoms. The van der Waals surface area contributed by atoms with Crippen LogP contribution in [0.15, 0.2) is 66.7 Å². The molecular formula is C20H12O. The third-order valence-corrected chi connectivity index (χ3v) is 4.49. The van der Waals surface area contributed by atoms with E-state index in [1.54, 1.807) is 6.07 Å². The van der Waals surface area contributed by atoms with Gasteiger partial charge in [-0.25, -0.2) is 0 Å². The van der Waals surface area contributed by atoms with E-state index in [2.05, 4.69) is 54.6 Å². The van der Waals surface area contributed by atoms with E-state index < -0.39 is 0 Å². The summed E-state index contributed by atoms with van der Waals surface area (Å²) >= 11 is 0. The van der Waals surface area contributed by atoms with Crippen molar-refractivity contribution in [2.24, 2.45) is 0 Å². The molecule has 4 aromatic carbocycles. The number of phenols is 1. The molecule has 1 aliphatic carbocycles. The Kier molecular flexibility index (Phi) is 1.90. The van der Waals surface area contributed by atoms with Crippen LogP contribution in [0.25, 0.3) is 43.8 Å². The fourth-order valence-corrected chi connectivity index (χ4v) is 3.63. The van der Waals surface area contributed by atoms with E-state index in [-0.39, 0.29) is 0 Å². The Labute approximate surface area is 122 Å². The second-order valence-electron chi connectivity index (χ2n) is 5.57. The molecule has 21 heavy (non-hydrogen) atoms. The second kappa shape index (κ2) is 3.64.